The number of benzene rings is 1. The van der Waals surface area contributed by atoms with E-state index in [4.69, 9.17) is 20.9 Å². The van der Waals surface area contributed by atoms with Crippen molar-refractivity contribution < 1.29 is 14.2 Å². The lowest BCUT2D eigenvalue weighted by Gasteiger charge is -2.23. The summed E-state index contributed by atoms with van der Waals surface area (Å²) in [7, 11) is 2.91. The molecule has 0 aliphatic carbocycles. The van der Waals surface area contributed by atoms with Crippen molar-refractivity contribution in [3.05, 3.63) is 35.9 Å². The van der Waals surface area contributed by atoms with Gasteiger partial charge in [-0.05, 0) is 17.4 Å². The van der Waals surface area contributed by atoms with E-state index >= 15 is 0 Å². The van der Waals surface area contributed by atoms with Crippen LogP contribution in [0.3, 0.4) is 0 Å². The van der Waals surface area contributed by atoms with Crippen molar-refractivity contribution in [2.24, 2.45) is 0 Å². The Kier molecular flexibility index (Phi) is 4.23. The van der Waals surface area contributed by atoms with Gasteiger partial charge in [0.1, 0.15) is 0 Å². The van der Waals surface area contributed by atoms with Gasteiger partial charge in [-0.15, -0.1) is 0 Å². The molecule has 0 amide bonds. The Bertz CT molecular complexity index is 320. The summed E-state index contributed by atoms with van der Waals surface area (Å²) < 4.78 is 10.1. The molecule has 1 aromatic rings. The lowest BCUT2D eigenvalue weighted by atomic mass is 10.2. The SMILES string of the molecule is COP(=S)(OC)C(O)c1ccccc1. The van der Waals surface area contributed by atoms with E-state index in [0.717, 1.165) is 5.56 Å². The normalized spacial score (nSPS) is 13.9. The lowest BCUT2D eigenvalue weighted by molar-refractivity contribution is 0.208. The first kappa shape index (κ1) is 11.8. The highest BCUT2D eigenvalue weighted by Gasteiger charge is 2.27. The van der Waals surface area contributed by atoms with Crippen molar-refractivity contribution in [3.8, 4) is 0 Å². The highest BCUT2D eigenvalue weighted by Crippen LogP contribution is 2.58. The molecule has 0 aliphatic rings. The van der Waals surface area contributed by atoms with Crippen LogP contribution >= 0.6 is 6.49 Å². The van der Waals surface area contributed by atoms with Crippen molar-refractivity contribution in [1.29, 1.82) is 0 Å². The minimum atomic E-state index is -2.61. The number of aliphatic hydroxyl groups is 1. The summed E-state index contributed by atoms with van der Waals surface area (Å²) in [5, 5.41) is 9.93. The van der Waals surface area contributed by atoms with E-state index in [2.05, 4.69) is 0 Å². The van der Waals surface area contributed by atoms with Crippen LogP contribution in [0, 0.1) is 0 Å². The summed E-state index contributed by atoms with van der Waals surface area (Å²) in [6, 6.07) is 9.14. The molecule has 0 aromatic heterocycles. The van der Waals surface area contributed by atoms with Crippen LogP contribution in [0.5, 0.6) is 0 Å². The van der Waals surface area contributed by atoms with E-state index < -0.39 is 12.3 Å². The summed E-state index contributed by atoms with van der Waals surface area (Å²) in [6.45, 7) is -2.61. The van der Waals surface area contributed by atoms with Crippen molar-refractivity contribution in [1.82, 2.24) is 0 Å². The molecular formula is C9H13O3PS. The van der Waals surface area contributed by atoms with Gasteiger partial charge < -0.3 is 14.2 Å². The van der Waals surface area contributed by atoms with E-state index in [1.165, 1.54) is 14.2 Å². The first-order chi connectivity index (χ1) is 6.64. The molecule has 0 saturated carbocycles. The molecule has 5 heteroatoms. The quantitative estimate of drug-likeness (QED) is 0.808. The van der Waals surface area contributed by atoms with Gasteiger partial charge in [-0.2, -0.15) is 0 Å². The zero-order chi connectivity index (χ0) is 10.6. The monoisotopic (exact) mass is 232 g/mol. The second kappa shape index (κ2) is 5.01. The Balaban J connectivity index is 2.95. The molecule has 1 N–H and O–H groups in total. The van der Waals surface area contributed by atoms with Crippen molar-refractivity contribution in [2.45, 2.75) is 5.85 Å². The maximum atomic E-state index is 9.93. The number of rotatable bonds is 4. The highest BCUT2D eigenvalue weighted by atomic mass is 32.5. The highest BCUT2D eigenvalue weighted by molar-refractivity contribution is 8.09. The molecule has 3 nitrogen and oxygen atoms in total. The van der Waals surface area contributed by atoms with Gasteiger partial charge in [0.2, 0.25) is 6.49 Å². The van der Waals surface area contributed by atoms with Crippen LogP contribution < -0.4 is 0 Å². The third kappa shape index (κ3) is 2.41. The van der Waals surface area contributed by atoms with Crippen LogP contribution in [-0.2, 0) is 20.9 Å². The van der Waals surface area contributed by atoms with Gasteiger partial charge in [0.15, 0.2) is 5.85 Å². The summed E-state index contributed by atoms with van der Waals surface area (Å²) >= 11 is 5.13. The molecular weight excluding hydrogens is 219 g/mol. The van der Waals surface area contributed by atoms with Crippen molar-refractivity contribution in [2.75, 3.05) is 14.2 Å². The molecule has 0 heterocycles. The van der Waals surface area contributed by atoms with Crippen LogP contribution in [0.1, 0.15) is 11.4 Å². The molecule has 0 aliphatic heterocycles. The average molecular weight is 232 g/mol. The van der Waals surface area contributed by atoms with Crippen molar-refractivity contribution in [3.63, 3.8) is 0 Å². The minimum absolute atomic E-state index is 0.722. The average Bonchev–Trinajstić information content (AvgIpc) is 2.28. The van der Waals surface area contributed by atoms with E-state index in [-0.39, 0.29) is 0 Å². The summed E-state index contributed by atoms with van der Waals surface area (Å²) in [5.41, 5.74) is 0.722. The molecule has 0 fully saturated rings. The molecule has 0 saturated heterocycles. The van der Waals surface area contributed by atoms with Crippen molar-refractivity contribution >= 4 is 18.3 Å². The predicted octanol–water partition coefficient (Wildman–Crippen LogP) is 2.28. The smallest absolute Gasteiger partial charge is 0.221 e. The number of aliphatic hydroxyl groups excluding tert-OH is 1. The fourth-order valence-electron chi connectivity index (χ4n) is 1.08. The van der Waals surface area contributed by atoms with E-state index in [1.54, 1.807) is 12.1 Å². The molecule has 1 atom stereocenters. The zero-order valence-corrected chi connectivity index (χ0v) is 9.79. The van der Waals surface area contributed by atoms with Gasteiger partial charge in [-0.3, -0.25) is 0 Å². The van der Waals surface area contributed by atoms with Gasteiger partial charge >= 0.3 is 0 Å². The van der Waals surface area contributed by atoms with E-state index in [0.29, 0.717) is 0 Å². The van der Waals surface area contributed by atoms with Crippen LogP contribution in [0.25, 0.3) is 0 Å². The largest absolute Gasteiger partial charge is 0.378 e. The molecule has 14 heavy (non-hydrogen) atoms. The van der Waals surface area contributed by atoms with Crippen LogP contribution in [0.2, 0.25) is 0 Å². The summed E-state index contributed by atoms with van der Waals surface area (Å²) in [6.07, 6.45) is 0. The van der Waals surface area contributed by atoms with E-state index in [1.807, 2.05) is 18.2 Å². The van der Waals surface area contributed by atoms with Crippen LogP contribution in [-0.4, -0.2) is 19.3 Å². The Hall–Kier alpha value is -0.250. The Morgan fingerprint density at radius 3 is 2.14 bits per heavy atom. The first-order valence-electron chi connectivity index (χ1n) is 4.08. The summed E-state index contributed by atoms with van der Waals surface area (Å²) in [5.74, 6) is -0.867. The molecule has 1 rings (SSSR count). The van der Waals surface area contributed by atoms with E-state index in [9.17, 15) is 5.11 Å². The molecule has 0 radical (unpaired) electrons. The molecule has 0 bridgehead atoms. The van der Waals surface area contributed by atoms with Gasteiger partial charge in [0.25, 0.3) is 0 Å². The molecule has 78 valence electrons. The van der Waals surface area contributed by atoms with Gasteiger partial charge in [0, 0.05) is 14.2 Å². The second-order valence-corrected chi connectivity index (χ2v) is 6.52. The maximum absolute atomic E-state index is 9.93. The third-order valence-electron chi connectivity index (χ3n) is 1.91. The Morgan fingerprint density at radius 1 is 1.21 bits per heavy atom. The standard InChI is InChI=1S/C9H13O3PS/c1-11-13(14,12-2)9(10)8-6-4-3-5-7-8/h3-7,9-10H,1-2H3. The fourth-order valence-corrected chi connectivity index (χ4v) is 2.53. The van der Waals surface area contributed by atoms with Gasteiger partial charge in [-0.1, -0.05) is 30.3 Å². The molecule has 1 aromatic carbocycles. The lowest BCUT2D eigenvalue weighted by Crippen LogP contribution is -2.01. The Labute approximate surface area is 88.8 Å². The molecule has 1 unspecified atom stereocenters. The first-order valence-corrected chi connectivity index (χ1v) is 6.79. The maximum Gasteiger partial charge on any atom is 0.221 e. The topological polar surface area (TPSA) is 38.7 Å². The minimum Gasteiger partial charge on any atom is -0.378 e. The predicted molar refractivity (Wildman–Crippen MR) is 59.7 cm³/mol. The zero-order valence-electron chi connectivity index (χ0n) is 8.08. The van der Waals surface area contributed by atoms with Gasteiger partial charge in [0.05, 0.1) is 0 Å². The van der Waals surface area contributed by atoms with Crippen LogP contribution in [0.4, 0.5) is 0 Å². The fraction of sp³-hybridized carbons (Fsp3) is 0.333. The number of hydrogen-bond donors (Lipinski definition) is 1. The molecule has 0 spiro atoms. The van der Waals surface area contributed by atoms with Gasteiger partial charge in [-0.25, -0.2) is 0 Å². The second-order valence-electron chi connectivity index (χ2n) is 2.69. The Morgan fingerprint density at radius 2 is 1.71 bits per heavy atom. The third-order valence-corrected chi connectivity index (χ3v) is 5.31. The summed E-state index contributed by atoms with van der Waals surface area (Å²) in [4.78, 5) is 0. The van der Waals surface area contributed by atoms with Crippen LogP contribution in [0.15, 0.2) is 30.3 Å². The number of hydrogen-bond acceptors (Lipinski definition) is 4.